The molecule has 9 heteroatoms. The summed E-state index contributed by atoms with van der Waals surface area (Å²) in [7, 11) is 3.08. The van der Waals surface area contributed by atoms with Crippen LogP contribution >= 0.6 is 11.6 Å². The maximum Gasteiger partial charge on any atom is 0.259 e. The minimum Gasteiger partial charge on any atom is -0.497 e. The van der Waals surface area contributed by atoms with Crippen LogP contribution in [-0.2, 0) is 6.54 Å². The third kappa shape index (κ3) is 4.72. The van der Waals surface area contributed by atoms with Crippen LogP contribution in [0.2, 0.25) is 5.15 Å². The van der Waals surface area contributed by atoms with E-state index in [-0.39, 0.29) is 11.8 Å². The van der Waals surface area contributed by atoms with Crippen molar-refractivity contribution in [3.8, 4) is 11.5 Å². The summed E-state index contributed by atoms with van der Waals surface area (Å²) >= 11 is 6.58. The van der Waals surface area contributed by atoms with Gasteiger partial charge in [0.2, 0.25) is 0 Å². The number of ether oxygens (including phenoxy) is 2. The molecule has 1 aliphatic heterocycles. The monoisotopic (exact) mass is 482 g/mol. The highest BCUT2D eigenvalue weighted by molar-refractivity contribution is 6.33. The summed E-state index contributed by atoms with van der Waals surface area (Å²) in [5.41, 5.74) is 2.51. The maximum absolute atomic E-state index is 13.3. The Bertz CT molecular complexity index is 1190. The van der Waals surface area contributed by atoms with Crippen LogP contribution in [0.3, 0.4) is 0 Å². The summed E-state index contributed by atoms with van der Waals surface area (Å²) in [6, 6.07) is 14.9. The number of carbonyl (C=O) groups is 2. The van der Waals surface area contributed by atoms with E-state index < -0.39 is 0 Å². The van der Waals surface area contributed by atoms with Crippen LogP contribution in [0.25, 0.3) is 0 Å². The first-order valence-electron chi connectivity index (χ1n) is 11.0. The van der Waals surface area contributed by atoms with Gasteiger partial charge in [-0.1, -0.05) is 41.9 Å². The molecular formula is C25H27ClN4O4. The van der Waals surface area contributed by atoms with Crippen molar-refractivity contribution >= 4 is 23.4 Å². The lowest BCUT2D eigenvalue weighted by molar-refractivity contribution is 0.0533. The minimum absolute atomic E-state index is 0.142. The van der Waals surface area contributed by atoms with Crippen LogP contribution in [0, 0.1) is 6.92 Å². The second-order valence-electron chi connectivity index (χ2n) is 8.05. The molecule has 8 nitrogen and oxygen atoms in total. The molecule has 1 aliphatic rings. The Balaban J connectivity index is 1.44. The average Bonchev–Trinajstić information content (AvgIpc) is 3.15. The number of rotatable bonds is 6. The van der Waals surface area contributed by atoms with Crippen molar-refractivity contribution in [1.29, 1.82) is 0 Å². The van der Waals surface area contributed by atoms with Gasteiger partial charge in [0.1, 0.15) is 16.7 Å². The number of hydrogen-bond donors (Lipinski definition) is 0. The molecule has 1 fully saturated rings. The van der Waals surface area contributed by atoms with Crippen LogP contribution in [0.15, 0.2) is 48.5 Å². The molecule has 0 N–H and O–H groups in total. The minimum atomic E-state index is -0.170. The molecule has 1 saturated heterocycles. The van der Waals surface area contributed by atoms with Crippen LogP contribution in [0.5, 0.6) is 11.5 Å². The van der Waals surface area contributed by atoms with Gasteiger partial charge in [0.05, 0.1) is 37.6 Å². The van der Waals surface area contributed by atoms with Gasteiger partial charge in [-0.3, -0.25) is 9.59 Å². The molecule has 4 rings (SSSR count). The number of benzene rings is 2. The maximum atomic E-state index is 13.3. The quantitative estimate of drug-likeness (QED) is 0.537. The molecule has 3 aromatic rings. The third-order valence-corrected chi connectivity index (χ3v) is 6.33. The fourth-order valence-corrected chi connectivity index (χ4v) is 4.39. The van der Waals surface area contributed by atoms with E-state index in [0.29, 0.717) is 66.2 Å². The van der Waals surface area contributed by atoms with E-state index in [1.807, 2.05) is 30.3 Å². The molecule has 0 aliphatic carbocycles. The first kappa shape index (κ1) is 23.6. The van der Waals surface area contributed by atoms with Crippen LogP contribution in [-0.4, -0.2) is 71.8 Å². The number of hydrogen-bond acceptors (Lipinski definition) is 5. The Hall–Kier alpha value is -3.52. The largest absolute Gasteiger partial charge is 0.497 e. The van der Waals surface area contributed by atoms with Gasteiger partial charge in [0.15, 0.2) is 0 Å². The fraction of sp³-hybridized carbons (Fsp3) is 0.320. The Labute approximate surface area is 203 Å². The van der Waals surface area contributed by atoms with Crippen molar-refractivity contribution in [3.05, 3.63) is 76.1 Å². The summed E-state index contributed by atoms with van der Waals surface area (Å²) in [6.45, 7) is 3.91. The van der Waals surface area contributed by atoms with Crippen LogP contribution in [0.4, 0.5) is 0 Å². The predicted molar refractivity (Wildman–Crippen MR) is 129 cm³/mol. The molecule has 2 aromatic carbocycles. The molecule has 0 bridgehead atoms. The second kappa shape index (κ2) is 10.2. The molecule has 2 heterocycles. The topological polar surface area (TPSA) is 76.9 Å². The van der Waals surface area contributed by atoms with Crippen molar-refractivity contribution in [1.82, 2.24) is 19.6 Å². The van der Waals surface area contributed by atoms with Gasteiger partial charge < -0.3 is 19.3 Å². The van der Waals surface area contributed by atoms with E-state index in [4.69, 9.17) is 21.1 Å². The van der Waals surface area contributed by atoms with E-state index in [1.165, 1.54) is 7.11 Å². The zero-order valence-electron chi connectivity index (χ0n) is 19.5. The third-order valence-electron chi connectivity index (χ3n) is 5.95. The molecule has 34 heavy (non-hydrogen) atoms. The first-order valence-corrected chi connectivity index (χ1v) is 11.4. The van der Waals surface area contributed by atoms with E-state index in [2.05, 4.69) is 5.10 Å². The Morgan fingerprint density at radius 1 is 0.941 bits per heavy atom. The number of methoxy groups -OCH3 is 2. The molecular weight excluding hydrogens is 456 g/mol. The fourth-order valence-electron chi connectivity index (χ4n) is 4.07. The molecule has 0 spiro atoms. The van der Waals surface area contributed by atoms with Crippen molar-refractivity contribution in [2.75, 3.05) is 40.4 Å². The van der Waals surface area contributed by atoms with Gasteiger partial charge in [0.25, 0.3) is 11.8 Å². The predicted octanol–water partition coefficient (Wildman–Crippen LogP) is 3.51. The summed E-state index contributed by atoms with van der Waals surface area (Å²) in [6.07, 6.45) is 0. The average molecular weight is 483 g/mol. The van der Waals surface area contributed by atoms with Crippen molar-refractivity contribution in [3.63, 3.8) is 0 Å². The standard InChI is InChI=1S/C25H27ClN4O4/c1-17-22(23(26)30(27-17)16-18-7-5-4-6-8-18)25(32)29-13-11-28(12-14-29)24(31)20-10-9-19(33-2)15-21(20)34-3/h4-10,15H,11-14,16H2,1-3H3. The van der Waals surface area contributed by atoms with Gasteiger partial charge in [0, 0.05) is 32.2 Å². The number of aromatic nitrogens is 2. The molecule has 0 unspecified atom stereocenters. The van der Waals surface area contributed by atoms with Gasteiger partial charge in [-0.25, -0.2) is 4.68 Å². The molecule has 1 aromatic heterocycles. The lowest BCUT2D eigenvalue weighted by Crippen LogP contribution is -2.50. The Kier molecular flexibility index (Phi) is 7.07. The summed E-state index contributed by atoms with van der Waals surface area (Å²) < 4.78 is 12.2. The number of nitrogens with zero attached hydrogens (tertiary/aromatic N) is 4. The zero-order chi connectivity index (χ0) is 24.2. The Morgan fingerprint density at radius 2 is 1.59 bits per heavy atom. The van der Waals surface area contributed by atoms with Crippen molar-refractivity contribution in [2.24, 2.45) is 0 Å². The van der Waals surface area contributed by atoms with E-state index in [9.17, 15) is 9.59 Å². The molecule has 0 radical (unpaired) electrons. The first-order chi connectivity index (χ1) is 16.4. The van der Waals surface area contributed by atoms with E-state index in [0.717, 1.165) is 5.56 Å². The molecule has 178 valence electrons. The summed E-state index contributed by atoms with van der Waals surface area (Å²) in [5.74, 6) is 0.757. The smallest absolute Gasteiger partial charge is 0.259 e. The van der Waals surface area contributed by atoms with Crippen molar-refractivity contribution < 1.29 is 19.1 Å². The van der Waals surface area contributed by atoms with Crippen LogP contribution < -0.4 is 9.47 Å². The summed E-state index contributed by atoms with van der Waals surface area (Å²) in [5, 5.41) is 4.81. The molecule has 0 saturated carbocycles. The lowest BCUT2D eigenvalue weighted by atomic mass is 10.1. The lowest BCUT2D eigenvalue weighted by Gasteiger charge is -2.35. The zero-order valence-corrected chi connectivity index (χ0v) is 20.2. The number of aryl methyl sites for hydroxylation is 1. The highest BCUT2D eigenvalue weighted by Crippen LogP contribution is 2.27. The van der Waals surface area contributed by atoms with Gasteiger partial charge in [-0.05, 0) is 24.6 Å². The highest BCUT2D eigenvalue weighted by atomic mass is 35.5. The molecule has 0 atom stereocenters. The van der Waals surface area contributed by atoms with Gasteiger partial charge in [-0.2, -0.15) is 5.10 Å². The molecule has 2 amide bonds. The van der Waals surface area contributed by atoms with E-state index >= 15 is 0 Å². The van der Waals surface area contributed by atoms with E-state index in [1.54, 1.807) is 46.7 Å². The normalized spacial score (nSPS) is 13.6. The number of carbonyl (C=O) groups excluding carboxylic acids is 2. The van der Waals surface area contributed by atoms with Gasteiger partial charge >= 0.3 is 0 Å². The highest BCUT2D eigenvalue weighted by Gasteiger charge is 2.30. The number of piperazine rings is 1. The second-order valence-corrected chi connectivity index (χ2v) is 8.40. The van der Waals surface area contributed by atoms with Crippen molar-refractivity contribution in [2.45, 2.75) is 13.5 Å². The van der Waals surface area contributed by atoms with Crippen LogP contribution in [0.1, 0.15) is 32.0 Å². The number of amides is 2. The number of halogens is 1. The van der Waals surface area contributed by atoms with Gasteiger partial charge in [-0.15, -0.1) is 0 Å². The Morgan fingerprint density at radius 3 is 2.21 bits per heavy atom. The SMILES string of the molecule is COc1ccc(C(=O)N2CCN(C(=O)c3c(C)nn(Cc4ccccc4)c3Cl)CC2)c(OC)c1. The summed E-state index contributed by atoms with van der Waals surface area (Å²) in [4.78, 5) is 29.8.